The van der Waals surface area contributed by atoms with Gasteiger partial charge in [0.2, 0.25) is 0 Å². The second kappa shape index (κ2) is 6.16. The number of aryl methyl sites for hydroxylation is 1. The number of nitrogens with two attached hydrogens (primary N) is 1. The topological polar surface area (TPSA) is 44.5 Å². The van der Waals surface area contributed by atoms with E-state index in [9.17, 15) is 0 Å². The van der Waals surface area contributed by atoms with Gasteiger partial charge >= 0.3 is 0 Å². The van der Waals surface area contributed by atoms with Crippen LogP contribution in [0.5, 0.6) is 11.5 Å². The van der Waals surface area contributed by atoms with Gasteiger partial charge in [-0.1, -0.05) is 29.3 Å². The zero-order valence-electron chi connectivity index (χ0n) is 11.8. The van der Waals surface area contributed by atoms with Gasteiger partial charge < -0.3 is 15.2 Å². The van der Waals surface area contributed by atoms with Crippen molar-refractivity contribution in [3.05, 3.63) is 58.1 Å². The number of ether oxygens (including phenoxy) is 2. The molecule has 2 rings (SSSR count). The summed E-state index contributed by atoms with van der Waals surface area (Å²) >= 11 is 6.07. The Hall–Kier alpha value is -1.71. The molecule has 0 saturated carbocycles. The summed E-state index contributed by atoms with van der Waals surface area (Å²) in [6.45, 7) is 2.02. The molecule has 2 aromatic carbocycles. The van der Waals surface area contributed by atoms with Crippen molar-refractivity contribution in [1.29, 1.82) is 0 Å². The predicted molar refractivity (Wildman–Crippen MR) is 81.8 cm³/mol. The lowest BCUT2D eigenvalue weighted by atomic mass is 9.96. The second-order valence-corrected chi connectivity index (χ2v) is 5.05. The predicted octanol–water partition coefficient (Wildman–Crippen LogP) is 3.71. The van der Waals surface area contributed by atoms with E-state index in [0.717, 1.165) is 22.4 Å². The molecular weight excluding hydrogens is 274 g/mol. The molecule has 106 valence electrons. The van der Waals surface area contributed by atoms with Gasteiger partial charge in [-0.2, -0.15) is 0 Å². The molecule has 0 aromatic heterocycles. The van der Waals surface area contributed by atoms with Gasteiger partial charge in [0.15, 0.2) is 0 Å². The molecule has 2 aromatic rings. The molecule has 0 bridgehead atoms. The summed E-state index contributed by atoms with van der Waals surface area (Å²) in [5, 5.41) is 0.628. The number of methoxy groups -OCH3 is 2. The van der Waals surface area contributed by atoms with Crippen LogP contribution in [0.4, 0.5) is 0 Å². The molecule has 0 radical (unpaired) electrons. The fourth-order valence-corrected chi connectivity index (χ4v) is 2.39. The maximum Gasteiger partial charge on any atom is 0.124 e. The molecule has 2 N–H and O–H groups in total. The Kier molecular flexibility index (Phi) is 4.53. The molecule has 0 aliphatic heterocycles. The van der Waals surface area contributed by atoms with E-state index < -0.39 is 0 Å². The number of rotatable bonds is 4. The highest BCUT2D eigenvalue weighted by Gasteiger charge is 2.18. The van der Waals surface area contributed by atoms with E-state index in [4.69, 9.17) is 26.8 Å². The summed E-state index contributed by atoms with van der Waals surface area (Å²) in [5.41, 5.74) is 9.26. The zero-order chi connectivity index (χ0) is 14.7. The highest BCUT2D eigenvalue weighted by Crippen LogP contribution is 2.35. The Balaban J connectivity index is 2.53. The monoisotopic (exact) mass is 291 g/mol. The van der Waals surface area contributed by atoms with Crippen LogP contribution in [0.25, 0.3) is 0 Å². The number of benzene rings is 2. The van der Waals surface area contributed by atoms with Crippen molar-refractivity contribution in [3.8, 4) is 11.5 Å². The van der Waals surface area contributed by atoms with Gasteiger partial charge in [-0.25, -0.2) is 0 Å². The molecule has 0 aliphatic rings. The van der Waals surface area contributed by atoms with E-state index in [1.807, 2.05) is 37.3 Å². The van der Waals surface area contributed by atoms with Crippen molar-refractivity contribution in [1.82, 2.24) is 0 Å². The van der Waals surface area contributed by atoms with E-state index >= 15 is 0 Å². The summed E-state index contributed by atoms with van der Waals surface area (Å²) in [7, 11) is 3.25. The summed E-state index contributed by atoms with van der Waals surface area (Å²) in [5.74, 6) is 1.47. The lowest BCUT2D eigenvalue weighted by Crippen LogP contribution is -2.14. The summed E-state index contributed by atoms with van der Waals surface area (Å²) in [6.07, 6.45) is 0. The zero-order valence-corrected chi connectivity index (χ0v) is 12.6. The van der Waals surface area contributed by atoms with Crippen LogP contribution in [0.15, 0.2) is 36.4 Å². The summed E-state index contributed by atoms with van der Waals surface area (Å²) in [4.78, 5) is 0. The van der Waals surface area contributed by atoms with Crippen LogP contribution in [0.2, 0.25) is 5.02 Å². The maximum atomic E-state index is 6.39. The van der Waals surface area contributed by atoms with Crippen molar-refractivity contribution >= 4 is 11.6 Å². The number of halogens is 1. The smallest absolute Gasteiger partial charge is 0.124 e. The summed E-state index contributed by atoms with van der Waals surface area (Å²) < 4.78 is 10.8. The Bertz CT molecular complexity index is 560. The first-order valence-corrected chi connectivity index (χ1v) is 6.68. The van der Waals surface area contributed by atoms with Crippen LogP contribution in [0.3, 0.4) is 0 Å². The molecule has 0 spiro atoms. The molecule has 3 nitrogen and oxygen atoms in total. The average molecular weight is 292 g/mol. The van der Waals surface area contributed by atoms with Crippen LogP contribution in [0.1, 0.15) is 22.7 Å². The Morgan fingerprint density at radius 1 is 0.950 bits per heavy atom. The Morgan fingerprint density at radius 2 is 1.50 bits per heavy atom. The highest BCUT2D eigenvalue weighted by molar-refractivity contribution is 6.30. The van der Waals surface area contributed by atoms with Gasteiger partial charge in [0, 0.05) is 16.1 Å². The van der Waals surface area contributed by atoms with E-state index in [-0.39, 0.29) is 6.04 Å². The lowest BCUT2D eigenvalue weighted by molar-refractivity contribution is 0.400. The fraction of sp³-hybridized carbons (Fsp3) is 0.250. The summed E-state index contributed by atoms with van der Waals surface area (Å²) in [6, 6.07) is 11.0. The van der Waals surface area contributed by atoms with E-state index in [0.29, 0.717) is 10.8 Å². The van der Waals surface area contributed by atoms with Gasteiger partial charge in [0.25, 0.3) is 0 Å². The number of hydrogen-bond acceptors (Lipinski definition) is 3. The van der Waals surface area contributed by atoms with Gasteiger partial charge in [-0.15, -0.1) is 0 Å². The second-order valence-electron chi connectivity index (χ2n) is 4.61. The molecular formula is C16H18ClNO2. The molecule has 0 heterocycles. The minimum atomic E-state index is -0.363. The lowest BCUT2D eigenvalue weighted by Gasteiger charge is -2.19. The SMILES string of the molecule is COc1ccc(C)cc1C(N)c1cc(Cl)ccc1OC. The normalized spacial score (nSPS) is 12.1. The minimum absolute atomic E-state index is 0.363. The van der Waals surface area contributed by atoms with Crippen molar-refractivity contribution in [2.45, 2.75) is 13.0 Å². The fourth-order valence-electron chi connectivity index (χ4n) is 2.21. The third-order valence-electron chi connectivity index (χ3n) is 3.25. The third-order valence-corrected chi connectivity index (χ3v) is 3.48. The molecule has 0 saturated heterocycles. The van der Waals surface area contributed by atoms with Crippen LogP contribution in [-0.2, 0) is 0 Å². The van der Waals surface area contributed by atoms with E-state index in [1.54, 1.807) is 20.3 Å². The van der Waals surface area contributed by atoms with Gasteiger partial charge in [-0.3, -0.25) is 0 Å². The van der Waals surface area contributed by atoms with Crippen molar-refractivity contribution < 1.29 is 9.47 Å². The quantitative estimate of drug-likeness (QED) is 0.934. The molecule has 0 fully saturated rings. The van der Waals surface area contributed by atoms with E-state index in [2.05, 4.69) is 0 Å². The largest absolute Gasteiger partial charge is 0.496 e. The van der Waals surface area contributed by atoms with Crippen molar-refractivity contribution in [2.75, 3.05) is 14.2 Å². The first-order valence-electron chi connectivity index (χ1n) is 6.30. The number of hydrogen-bond donors (Lipinski definition) is 1. The van der Waals surface area contributed by atoms with Crippen LogP contribution in [-0.4, -0.2) is 14.2 Å². The maximum absolute atomic E-state index is 6.39. The van der Waals surface area contributed by atoms with Crippen LogP contribution >= 0.6 is 11.6 Å². The first kappa shape index (κ1) is 14.7. The average Bonchev–Trinajstić information content (AvgIpc) is 2.46. The minimum Gasteiger partial charge on any atom is -0.496 e. The first-order chi connectivity index (χ1) is 9.56. The van der Waals surface area contributed by atoms with E-state index in [1.165, 1.54) is 0 Å². The molecule has 0 aliphatic carbocycles. The standard InChI is InChI=1S/C16H18ClNO2/c1-10-4-6-14(19-2)12(8-10)16(18)13-9-11(17)5-7-15(13)20-3/h4-9,16H,18H2,1-3H3. The van der Waals surface area contributed by atoms with Gasteiger partial charge in [-0.05, 0) is 31.2 Å². The van der Waals surface area contributed by atoms with Gasteiger partial charge in [0.05, 0.1) is 20.3 Å². The van der Waals surface area contributed by atoms with Crippen LogP contribution in [0, 0.1) is 6.92 Å². The van der Waals surface area contributed by atoms with Crippen LogP contribution < -0.4 is 15.2 Å². The molecule has 0 amide bonds. The third kappa shape index (κ3) is 2.89. The van der Waals surface area contributed by atoms with Gasteiger partial charge in [0.1, 0.15) is 11.5 Å². The molecule has 1 atom stereocenters. The Morgan fingerprint density at radius 3 is 2.10 bits per heavy atom. The van der Waals surface area contributed by atoms with Crippen molar-refractivity contribution in [2.24, 2.45) is 5.73 Å². The Labute approximate surface area is 124 Å². The molecule has 1 unspecified atom stereocenters. The highest BCUT2D eigenvalue weighted by atomic mass is 35.5. The molecule has 20 heavy (non-hydrogen) atoms. The molecule has 4 heteroatoms. The van der Waals surface area contributed by atoms with Crippen molar-refractivity contribution in [3.63, 3.8) is 0 Å².